The molecule has 0 atom stereocenters. The number of benzene rings is 1. The van der Waals surface area contributed by atoms with Crippen molar-refractivity contribution in [2.75, 3.05) is 19.8 Å². The topological polar surface area (TPSA) is 76.7 Å². The number of halogens is 2. The van der Waals surface area contributed by atoms with E-state index in [2.05, 4.69) is 10.6 Å². The molecule has 0 radical (unpaired) electrons. The molecule has 1 aromatic rings. The maximum absolute atomic E-state index is 13.0. The van der Waals surface area contributed by atoms with Crippen LogP contribution < -0.4 is 15.4 Å². The van der Waals surface area contributed by atoms with Crippen molar-refractivity contribution in [1.82, 2.24) is 10.6 Å². The minimum absolute atomic E-state index is 0.107. The third-order valence-electron chi connectivity index (χ3n) is 2.57. The zero-order chi connectivity index (χ0) is 17.2. The van der Waals surface area contributed by atoms with Crippen molar-refractivity contribution in [3.63, 3.8) is 0 Å². The number of carbonyl (C=O) groups is 2. The van der Waals surface area contributed by atoms with Crippen LogP contribution in [0.25, 0.3) is 0 Å². The normalized spacial score (nSPS) is 10.5. The number of ether oxygens (including phenoxy) is 2. The van der Waals surface area contributed by atoms with Crippen LogP contribution in [0.3, 0.4) is 0 Å². The molecule has 0 saturated heterocycles. The second kappa shape index (κ2) is 10.0. The van der Waals surface area contributed by atoms with Crippen LogP contribution in [0.4, 0.5) is 9.18 Å². The predicted octanol–water partition coefficient (Wildman–Crippen LogP) is 2.50. The predicted molar refractivity (Wildman–Crippen MR) is 84.2 cm³/mol. The van der Waals surface area contributed by atoms with Gasteiger partial charge in [0.05, 0.1) is 11.1 Å². The van der Waals surface area contributed by atoms with Crippen molar-refractivity contribution in [1.29, 1.82) is 0 Å². The molecule has 128 valence electrons. The van der Waals surface area contributed by atoms with Crippen LogP contribution in [-0.2, 0) is 9.53 Å². The lowest BCUT2D eigenvalue weighted by Gasteiger charge is -2.09. The van der Waals surface area contributed by atoms with Gasteiger partial charge in [-0.2, -0.15) is 0 Å². The summed E-state index contributed by atoms with van der Waals surface area (Å²) in [4.78, 5) is 23.0. The Kier molecular flexibility index (Phi) is 8.36. The number of carbonyl (C=O) groups excluding carboxylic acids is 2. The maximum Gasteiger partial charge on any atom is 0.321 e. The molecule has 2 N–H and O–H groups in total. The molecule has 1 aromatic carbocycles. The van der Waals surface area contributed by atoms with Crippen LogP contribution in [0, 0.1) is 5.82 Å². The van der Waals surface area contributed by atoms with E-state index in [9.17, 15) is 14.0 Å². The average Bonchev–Trinajstić information content (AvgIpc) is 2.47. The Morgan fingerprint density at radius 3 is 2.74 bits per heavy atom. The smallest absolute Gasteiger partial charge is 0.321 e. The molecule has 0 saturated carbocycles. The number of hydrogen-bond acceptors (Lipinski definition) is 4. The maximum atomic E-state index is 13.0. The van der Waals surface area contributed by atoms with Gasteiger partial charge in [-0.05, 0) is 32.4 Å². The van der Waals surface area contributed by atoms with Crippen LogP contribution in [0.1, 0.15) is 20.3 Å². The fourth-order valence-corrected chi connectivity index (χ4v) is 1.69. The summed E-state index contributed by atoms with van der Waals surface area (Å²) in [6, 6.07) is 3.10. The van der Waals surface area contributed by atoms with Crippen LogP contribution in [0.2, 0.25) is 5.02 Å². The highest BCUT2D eigenvalue weighted by atomic mass is 35.5. The van der Waals surface area contributed by atoms with Gasteiger partial charge >= 0.3 is 6.03 Å². The third kappa shape index (κ3) is 8.37. The Morgan fingerprint density at radius 1 is 1.35 bits per heavy atom. The zero-order valence-electron chi connectivity index (χ0n) is 13.0. The van der Waals surface area contributed by atoms with Crippen molar-refractivity contribution in [3.05, 3.63) is 29.0 Å². The van der Waals surface area contributed by atoms with Gasteiger partial charge in [-0.3, -0.25) is 10.1 Å². The lowest BCUT2D eigenvalue weighted by molar-refractivity contribution is -0.122. The van der Waals surface area contributed by atoms with Crippen molar-refractivity contribution in [2.24, 2.45) is 0 Å². The summed E-state index contributed by atoms with van der Waals surface area (Å²) >= 11 is 5.59. The molecule has 0 aliphatic carbocycles. The lowest BCUT2D eigenvalue weighted by atomic mass is 10.3. The number of urea groups is 1. The Bertz CT molecular complexity index is 540. The van der Waals surface area contributed by atoms with E-state index in [1.165, 1.54) is 12.1 Å². The molecule has 0 aliphatic rings. The first-order valence-electron chi connectivity index (χ1n) is 7.15. The van der Waals surface area contributed by atoms with Crippen LogP contribution in [0.15, 0.2) is 18.2 Å². The van der Waals surface area contributed by atoms with Gasteiger partial charge in [0, 0.05) is 19.2 Å². The van der Waals surface area contributed by atoms with Gasteiger partial charge < -0.3 is 14.8 Å². The first-order chi connectivity index (χ1) is 10.9. The number of rotatable bonds is 8. The van der Waals surface area contributed by atoms with Crippen LogP contribution >= 0.6 is 11.6 Å². The van der Waals surface area contributed by atoms with E-state index in [0.717, 1.165) is 6.07 Å². The summed E-state index contributed by atoms with van der Waals surface area (Å²) in [5.74, 6) is -0.969. The fraction of sp³-hybridized carbons (Fsp3) is 0.467. The molecule has 0 heterocycles. The summed E-state index contributed by atoms with van der Waals surface area (Å²) in [5, 5.41) is 4.53. The SMILES string of the molecule is CC(C)OCCCNC(=O)NC(=O)COc1ccc(F)c(Cl)c1. The first-order valence-corrected chi connectivity index (χ1v) is 7.53. The molecule has 0 aromatic heterocycles. The second-order valence-electron chi connectivity index (χ2n) is 4.94. The minimum atomic E-state index is -0.624. The number of nitrogens with one attached hydrogen (secondary N) is 2. The Balaban J connectivity index is 2.20. The van der Waals surface area contributed by atoms with E-state index < -0.39 is 17.8 Å². The molecule has 1 rings (SSSR count). The largest absolute Gasteiger partial charge is 0.484 e. The number of amides is 3. The van der Waals surface area contributed by atoms with Crippen molar-refractivity contribution >= 4 is 23.5 Å². The van der Waals surface area contributed by atoms with Crippen molar-refractivity contribution in [3.8, 4) is 5.75 Å². The third-order valence-corrected chi connectivity index (χ3v) is 2.86. The van der Waals surface area contributed by atoms with Gasteiger partial charge in [0.1, 0.15) is 11.6 Å². The second-order valence-corrected chi connectivity index (χ2v) is 5.35. The summed E-state index contributed by atoms with van der Waals surface area (Å²) < 4.78 is 23.4. The fourth-order valence-electron chi connectivity index (χ4n) is 1.52. The summed E-state index contributed by atoms with van der Waals surface area (Å²) in [6.07, 6.45) is 0.784. The molecule has 3 amide bonds. The van der Waals surface area contributed by atoms with E-state index in [4.69, 9.17) is 21.1 Å². The quantitative estimate of drug-likeness (QED) is 0.709. The Morgan fingerprint density at radius 2 is 2.09 bits per heavy atom. The van der Waals surface area contributed by atoms with Gasteiger partial charge in [0.15, 0.2) is 6.61 Å². The standard InChI is InChI=1S/C15H20ClFN2O4/c1-10(2)22-7-3-6-18-15(21)19-14(20)9-23-11-4-5-13(17)12(16)8-11/h4-5,8,10H,3,6-7,9H2,1-2H3,(H2,18,19,20,21). The van der Waals surface area contributed by atoms with Gasteiger partial charge in [-0.15, -0.1) is 0 Å². The molecule has 0 bridgehead atoms. The zero-order valence-corrected chi connectivity index (χ0v) is 13.8. The van der Waals surface area contributed by atoms with Crippen molar-refractivity contribution in [2.45, 2.75) is 26.4 Å². The summed E-state index contributed by atoms with van der Waals surface area (Å²) in [6.45, 7) is 4.38. The van der Waals surface area contributed by atoms with Gasteiger partial charge in [-0.25, -0.2) is 9.18 Å². The van der Waals surface area contributed by atoms with Gasteiger partial charge in [-0.1, -0.05) is 11.6 Å². The molecule has 6 nitrogen and oxygen atoms in total. The minimum Gasteiger partial charge on any atom is -0.484 e. The highest BCUT2D eigenvalue weighted by molar-refractivity contribution is 6.30. The first kappa shape index (κ1) is 19.2. The highest BCUT2D eigenvalue weighted by Gasteiger charge is 2.09. The summed E-state index contributed by atoms with van der Waals surface area (Å²) in [7, 11) is 0. The van der Waals surface area contributed by atoms with Crippen molar-refractivity contribution < 1.29 is 23.5 Å². The van der Waals surface area contributed by atoms with E-state index in [0.29, 0.717) is 19.6 Å². The van der Waals surface area contributed by atoms with E-state index in [-0.39, 0.29) is 23.5 Å². The highest BCUT2D eigenvalue weighted by Crippen LogP contribution is 2.20. The molecule has 8 heteroatoms. The molecule has 0 fully saturated rings. The molecule has 0 spiro atoms. The average molecular weight is 347 g/mol. The van der Waals surface area contributed by atoms with E-state index >= 15 is 0 Å². The van der Waals surface area contributed by atoms with Crippen LogP contribution in [-0.4, -0.2) is 37.8 Å². The molecule has 0 aliphatic heterocycles. The molecule has 0 unspecified atom stereocenters. The van der Waals surface area contributed by atoms with E-state index in [1.807, 2.05) is 13.8 Å². The Labute approximate surface area is 139 Å². The van der Waals surface area contributed by atoms with Gasteiger partial charge in [0.25, 0.3) is 5.91 Å². The number of hydrogen-bond donors (Lipinski definition) is 2. The van der Waals surface area contributed by atoms with Crippen LogP contribution in [0.5, 0.6) is 5.75 Å². The number of imide groups is 1. The Hall–Kier alpha value is -1.86. The monoisotopic (exact) mass is 346 g/mol. The molecular weight excluding hydrogens is 327 g/mol. The lowest BCUT2D eigenvalue weighted by Crippen LogP contribution is -2.42. The van der Waals surface area contributed by atoms with E-state index in [1.54, 1.807) is 0 Å². The summed E-state index contributed by atoms with van der Waals surface area (Å²) in [5.41, 5.74) is 0. The molecule has 23 heavy (non-hydrogen) atoms. The van der Waals surface area contributed by atoms with Gasteiger partial charge in [0.2, 0.25) is 0 Å². The molecular formula is C15H20ClFN2O4.